The first-order valence-electron chi connectivity index (χ1n) is 11.0. The molecule has 3 saturated heterocycles. The van der Waals surface area contributed by atoms with E-state index in [1.165, 1.54) is 23.5 Å². The highest BCUT2D eigenvalue weighted by molar-refractivity contribution is 7.20. The van der Waals surface area contributed by atoms with E-state index in [0.29, 0.717) is 49.3 Å². The molecule has 3 aromatic rings. The Labute approximate surface area is 192 Å². The number of halogens is 2. The van der Waals surface area contributed by atoms with E-state index in [2.05, 4.69) is 4.98 Å². The summed E-state index contributed by atoms with van der Waals surface area (Å²) in [6, 6.07) is 10.6. The second-order valence-corrected chi connectivity index (χ2v) is 9.88. The van der Waals surface area contributed by atoms with Gasteiger partial charge in [0.25, 0.3) is 11.8 Å². The van der Waals surface area contributed by atoms with Gasteiger partial charge in [-0.3, -0.25) is 9.59 Å². The SMILES string of the molecule is O=C(c1nc2ccccc2s1)N1CCC2(CC1)OC1CC[C@@H](c3cc(F)cc(F)c3)N1C2=O. The summed E-state index contributed by atoms with van der Waals surface area (Å²) in [5.41, 5.74) is 0.265. The van der Waals surface area contributed by atoms with Gasteiger partial charge in [0.15, 0.2) is 10.6 Å². The van der Waals surface area contributed by atoms with Gasteiger partial charge < -0.3 is 14.5 Å². The first-order valence-corrected chi connectivity index (χ1v) is 11.9. The zero-order valence-corrected chi connectivity index (χ0v) is 18.5. The Hall–Kier alpha value is -2.91. The molecule has 1 aromatic heterocycles. The van der Waals surface area contributed by atoms with Crippen LogP contribution in [0.4, 0.5) is 8.78 Å². The van der Waals surface area contributed by atoms with Crippen LogP contribution in [0.5, 0.6) is 0 Å². The lowest BCUT2D eigenvalue weighted by molar-refractivity contribution is -0.142. The van der Waals surface area contributed by atoms with Gasteiger partial charge >= 0.3 is 0 Å². The van der Waals surface area contributed by atoms with Crippen LogP contribution in [0.15, 0.2) is 42.5 Å². The molecule has 0 radical (unpaired) electrons. The average Bonchev–Trinajstić information content (AvgIpc) is 3.48. The van der Waals surface area contributed by atoms with E-state index in [1.807, 2.05) is 24.3 Å². The molecule has 1 unspecified atom stereocenters. The highest BCUT2D eigenvalue weighted by atomic mass is 32.1. The molecule has 0 saturated carbocycles. The van der Waals surface area contributed by atoms with Crippen molar-refractivity contribution in [2.45, 2.75) is 43.6 Å². The molecular formula is C24H21F2N3O3S. The third-order valence-electron chi connectivity index (χ3n) is 6.92. The Balaban J connectivity index is 1.18. The number of para-hydroxylation sites is 1. The molecule has 6 nitrogen and oxygen atoms in total. The van der Waals surface area contributed by atoms with Crippen LogP contribution in [0.3, 0.4) is 0 Å². The molecular weight excluding hydrogens is 448 g/mol. The van der Waals surface area contributed by atoms with Crippen LogP contribution >= 0.6 is 11.3 Å². The summed E-state index contributed by atoms with van der Waals surface area (Å²) in [5.74, 6) is -1.59. The number of benzene rings is 2. The summed E-state index contributed by atoms with van der Waals surface area (Å²) in [6.45, 7) is 0.778. The number of amides is 2. The Bertz CT molecular complexity index is 1220. The molecule has 4 heterocycles. The average molecular weight is 470 g/mol. The lowest BCUT2D eigenvalue weighted by Gasteiger charge is -2.37. The molecule has 0 bridgehead atoms. The van der Waals surface area contributed by atoms with Crippen molar-refractivity contribution in [3.8, 4) is 0 Å². The number of likely N-dealkylation sites (tertiary alicyclic amines) is 1. The van der Waals surface area contributed by atoms with E-state index in [0.717, 1.165) is 16.3 Å². The van der Waals surface area contributed by atoms with Gasteiger partial charge in [-0.1, -0.05) is 12.1 Å². The number of aromatic nitrogens is 1. The minimum atomic E-state index is -0.987. The molecule has 1 spiro atoms. The summed E-state index contributed by atoms with van der Waals surface area (Å²) in [7, 11) is 0. The Kier molecular flexibility index (Phi) is 4.74. The molecule has 170 valence electrons. The van der Waals surface area contributed by atoms with Crippen molar-refractivity contribution in [1.29, 1.82) is 0 Å². The van der Waals surface area contributed by atoms with E-state index in [-0.39, 0.29) is 11.8 Å². The topological polar surface area (TPSA) is 62.7 Å². The van der Waals surface area contributed by atoms with Crippen LogP contribution in [0, 0.1) is 11.6 Å². The lowest BCUT2D eigenvalue weighted by Crippen LogP contribution is -2.51. The standard InChI is InChI=1S/C24H21F2N3O3S/c25-15-11-14(12-16(26)13-15)18-5-6-20-29(18)23(31)24(32-20)7-9-28(10-8-24)22(30)21-27-17-3-1-2-4-19(17)33-21/h1-4,11-13,18,20H,5-10H2/t18-,20?/m0/s1. The summed E-state index contributed by atoms with van der Waals surface area (Å²) >= 11 is 1.37. The first kappa shape index (κ1) is 20.7. The molecule has 2 atom stereocenters. The highest BCUT2D eigenvalue weighted by Crippen LogP contribution is 2.47. The molecule has 2 amide bonds. The van der Waals surface area contributed by atoms with Crippen LogP contribution in [0.1, 0.15) is 47.1 Å². The van der Waals surface area contributed by atoms with Crippen molar-refractivity contribution in [2.24, 2.45) is 0 Å². The monoisotopic (exact) mass is 469 g/mol. The Morgan fingerprint density at radius 1 is 1.09 bits per heavy atom. The number of rotatable bonds is 2. The summed E-state index contributed by atoms with van der Waals surface area (Å²) in [4.78, 5) is 34.3. The van der Waals surface area contributed by atoms with Crippen molar-refractivity contribution < 1.29 is 23.1 Å². The smallest absolute Gasteiger partial charge is 0.282 e. The molecule has 9 heteroatoms. The van der Waals surface area contributed by atoms with Gasteiger partial charge in [0.2, 0.25) is 0 Å². The lowest BCUT2D eigenvalue weighted by atomic mass is 9.89. The van der Waals surface area contributed by atoms with Gasteiger partial charge in [0.1, 0.15) is 17.9 Å². The van der Waals surface area contributed by atoms with Crippen molar-refractivity contribution in [2.75, 3.05) is 13.1 Å². The van der Waals surface area contributed by atoms with Gasteiger partial charge in [-0.05, 0) is 42.7 Å². The predicted molar refractivity (Wildman–Crippen MR) is 118 cm³/mol. The van der Waals surface area contributed by atoms with Crippen molar-refractivity contribution in [3.63, 3.8) is 0 Å². The van der Waals surface area contributed by atoms with Gasteiger partial charge in [-0.2, -0.15) is 0 Å². The van der Waals surface area contributed by atoms with Gasteiger partial charge in [0, 0.05) is 32.0 Å². The number of ether oxygens (including phenoxy) is 1. The number of carbonyl (C=O) groups excluding carboxylic acids is 2. The minimum Gasteiger partial charge on any atom is -0.342 e. The molecule has 6 rings (SSSR count). The minimum absolute atomic E-state index is 0.134. The maximum atomic E-state index is 13.8. The fourth-order valence-electron chi connectivity index (χ4n) is 5.31. The molecule has 2 aromatic carbocycles. The number of hydrogen-bond acceptors (Lipinski definition) is 5. The normalized spacial score (nSPS) is 24.1. The van der Waals surface area contributed by atoms with Crippen molar-refractivity contribution in [1.82, 2.24) is 14.8 Å². The zero-order chi connectivity index (χ0) is 22.7. The first-order chi connectivity index (χ1) is 15.9. The maximum Gasteiger partial charge on any atom is 0.282 e. The highest BCUT2D eigenvalue weighted by Gasteiger charge is 2.58. The quantitative estimate of drug-likeness (QED) is 0.563. The maximum absolute atomic E-state index is 13.8. The van der Waals surface area contributed by atoms with Crippen molar-refractivity contribution in [3.05, 3.63) is 64.7 Å². The van der Waals surface area contributed by atoms with E-state index < -0.39 is 29.5 Å². The Morgan fingerprint density at radius 3 is 2.55 bits per heavy atom. The number of thiazole rings is 1. The van der Waals surface area contributed by atoms with Gasteiger partial charge in [-0.15, -0.1) is 11.3 Å². The molecule has 0 N–H and O–H groups in total. The zero-order valence-electron chi connectivity index (χ0n) is 17.7. The van der Waals surface area contributed by atoms with Crippen LogP contribution in [0.2, 0.25) is 0 Å². The number of hydrogen-bond donors (Lipinski definition) is 0. The van der Waals surface area contributed by atoms with Crippen LogP contribution in [-0.4, -0.2) is 51.5 Å². The summed E-state index contributed by atoms with van der Waals surface area (Å²) in [6.07, 6.45) is 1.59. The van der Waals surface area contributed by atoms with Crippen molar-refractivity contribution >= 4 is 33.4 Å². The summed E-state index contributed by atoms with van der Waals surface area (Å²) < 4.78 is 34.8. The van der Waals surface area contributed by atoms with E-state index in [4.69, 9.17) is 4.74 Å². The number of fused-ring (bicyclic) bond motifs is 2. The number of carbonyl (C=O) groups is 2. The van der Waals surface area contributed by atoms with Gasteiger partial charge in [0.05, 0.1) is 16.3 Å². The number of nitrogens with zero attached hydrogens (tertiary/aromatic N) is 3. The van der Waals surface area contributed by atoms with Gasteiger partial charge in [-0.25, -0.2) is 13.8 Å². The van der Waals surface area contributed by atoms with Crippen LogP contribution in [0.25, 0.3) is 10.2 Å². The van der Waals surface area contributed by atoms with E-state index >= 15 is 0 Å². The van der Waals surface area contributed by atoms with E-state index in [9.17, 15) is 18.4 Å². The third-order valence-corrected chi connectivity index (χ3v) is 7.95. The third kappa shape index (κ3) is 3.33. The molecule has 3 aliphatic rings. The Morgan fingerprint density at radius 2 is 1.82 bits per heavy atom. The van der Waals surface area contributed by atoms with E-state index in [1.54, 1.807) is 9.80 Å². The van der Waals surface area contributed by atoms with Crippen LogP contribution < -0.4 is 0 Å². The molecule has 0 aliphatic carbocycles. The second-order valence-electron chi connectivity index (χ2n) is 8.85. The fraction of sp³-hybridized carbons (Fsp3) is 0.375. The fourth-order valence-corrected chi connectivity index (χ4v) is 6.24. The van der Waals surface area contributed by atoms with Crippen LogP contribution in [-0.2, 0) is 9.53 Å². The molecule has 3 aliphatic heterocycles. The molecule has 33 heavy (non-hydrogen) atoms. The molecule has 3 fully saturated rings. The predicted octanol–water partition coefficient (Wildman–Crippen LogP) is 4.27. The second kappa shape index (κ2) is 7.56. The summed E-state index contributed by atoms with van der Waals surface area (Å²) in [5, 5.41) is 0.444. The number of piperidine rings is 1. The largest absolute Gasteiger partial charge is 0.342 e.